The van der Waals surface area contributed by atoms with E-state index in [1.54, 1.807) is 24.3 Å². The normalized spacial score (nSPS) is 16.8. The van der Waals surface area contributed by atoms with Crippen molar-refractivity contribution in [3.05, 3.63) is 48.3 Å². The van der Waals surface area contributed by atoms with Gasteiger partial charge in [-0.3, -0.25) is 4.98 Å². The minimum Gasteiger partial charge on any atom is -0.392 e. The summed E-state index contributed by atoms with van der Waals surface area (Å²) >= 11 is 0. The molecule has 0 spiro atoms. The zero-order valence-corrected chi connectivity index (χ0v) is 13.6. The zero-order chi connectivity index (χ0) is 24.4. The van der Waals surface area contributed by atoms with E-state index < -0.39 is 40.7 Å². The Balaban J connectivity index is 2.32. The summed E-state index contributed by atoms with van der Waals surface area (Å²) in [4.78, 5) is 15.4. The second-order valence-electron chi connectivity index (χ2n) is 4.79. The lowest BCUT2D eigenvalue weighted by atomic mass is 10.2. The lowest BCUT2D eigenvalue weighted by molar-refractivity contribution is 0.243. The maximum Gasteiger partial charge on any atom is 0.328 e. The molecular formula is C16H20N4O4S. The van der Waals surface area contributed by atoms with Gasteiger partial charge in [-0.1, -0.05) is 12.1 Å². The molecule has 0 fully saturated rings. The molecule has 9 heteroatoms. The number of carbonyl (C=O) groups is 1. The number of sulfonamides is 1. The van der Waals surface area contributed by atoms with Crippen LogP contribution in [0.25, 0.3) is 0 Å². The Kier molecular flexibility index (Phi) is 3.52. The smallest absolute Gasteiger partial charge is 0.328 e. The molecule has 2 aromatic rings. The van der Waals surface area contributed by atoms with Gasteiger partial charge in [-0.25, -0.2) is 17.9 Å². The topological polar surface area (TPSA) is 120 Å². The fourth-order valence-corrected chi connectivity index (χ4v) is 2.93. The molecule has 4 N–H and O–H groups in total. The number of hydrogen-bond donors (Lipinski definition) is 4. The van der Waals surface area contributed by atoms with E-state index in [-0.39, 0.29) is 12.3 Å². The Morgan fingerprint density at radius 1 is 1.40 bits per heavy atom. The molecule has 0 aliphatic carbocycles. The van der Waals surface area contributed by atoms with Gasteiger partial charge in [0.1, 0.15) is 4.90 Å². The van der Waals surface area contributed by atoms with Gasteiger partial charge in [-0.15, -0.1) is 0 Å². The average molecular weight is 371 g/mol. The van der Waals surface area contributed by atoms with Gasteiger partial charge in [0.15, 0.2) is 0 Å². The molecule has 0 radical (unpaired) electrons. The Morgan fingerprint density at radius 2 is 2.20 bits per heavy atom. The number of amides is 2. The van der Waals surface area contributed by atoms with E-state index in [1.807, 2.05) is 0 Å². The molecule has 1 heterocycles. The molecule has 0 bridgehead atoms. The van der Waals surface area contributed by atoms with Gasteiger partial charge >= 0.3 is 6.03 Å². The van der Waals surface area contributed by atoms with Crippen molar-refractivity contribution >= 4 is 27.4 Å². The molecule has 0 atom stereocenters. The Morgan fingerprint density at radius 3 is 2.92 bits per heavy atom. The van der Waals surface area contributed by atoms with Crippen LogP contribution >= 0.6 is 0 Å². The van der Waals surface area contributed by atoms with E-state index in [1.165, 1.54) is 22.3 Å². The van der Waals surface area contributed by atoms with Crippen LogP contribution in [0.1, 0.15) is 28.9 Å². The Labute approximate surface area is 156 Å². The molecule has 0 saturated heterocycles. The first kappa shape index (κ1) is 11.1. The SMILES string of the molecule is [2H]C([2H])([2H])C([2H])(NC(=O)NS(=O)(=O)c1cnccc1Nc1cccc(CO)c1)C([2H])([2H])[2H]. The molecular weight excluding hydrogens is 344 g/mol. The first-order chi connectivity index (χ1) is 14.6. The highest BCUT2D eigenvalue weighted by molar-refractivity contribution is 7.90. The number of anilines is 2. The van der Waals surface area contributed by atoms with Gasteiger partial charge in [0, 0.05) is 32.3 Å². The highest BCUT2D eigenvalue weighted by Gasteiger charge is 2.22. The summed E-state index contributed by atoms with van der Waals surface area (Å²) in [5.41, 5.74) is 0.949. The number of pyridine rings is 1. The third kappa shape index (κ3) is 5.16. The lowest BCUT2D eigenvalue weighted by Crippen LogP contribution is -2.42. The number of benzene rings is 1. The highest BCUT2D eigenvalue weighted by atomic mass is 32.2. The molecule has 2 rings (SSSR count). The van der Waals surface area contributed by atoms with Gasteiger partial charge in [0.2, 0.25) is 0 Å². The van der Waals surface area contributed by atoms with E-state index in [2.05, 4.69) is 10.3 Å². The van der Waals surface area contributed by atoms with Crippen LogP contribution in [0, 0.1) is 0 Å². The second kappa shape index (κ2) is 7.95. The van der Waals surface area contributed by atoms with Crippen LogP contribution in [-0.4, -0.2) is 30.6 Å². The predicted octanol–water partition coefficient (Wildman–Crippen LogP) is 1.71. The fourth-order valence-electron chi connectivity index (χ4n) is 1.92. The first-order valence-corrected chi connectivity index (χ1v) is 8.35. The fraction of sp³-hybridized carbons (Fsp3) is 0.250. The molecule has 134 valence electrons. The number of hydrogen-bond acceptors (Lipinski definition) is 6. The van der Waals surface area contributed by atoms with Crippen molar-refractivity contribution in [1.29, 1.82) is 0 Å². The van der Waals surface area contributed by atoms with Crippen LogP contribution in [0.3, 0.4) is 0 Å². The van der Waals surface area contributed by atoms with Crippen LogP contribution in [0.5, 0.6) is 0 Å². The molecule has 8 nitrogen and oxygen atoms in total. The van der Waals surface area contributed by atoms with Gasteiger partial charge in [0.25, 0.3) is 10.0 Å². The standard InChI is InChI=1S/C16H20N4O4S/c1-11(2)18-16(22)20-25(23,24)15-9-17-7-6-14(15)19-13-5-3-4-12(8-13)10-21/h3-9,11,21H,10H2,1-2H3,(H,17,19)(H2,18,20,22)/i1D3,2D3,11D. The molecule has 25 heavy (non-hydrogen) atoms. The van der Waals surface area contributed by atoms with E-state index >= 15 is 0 Å². The Hall–Kier alpha value is -2.65. The van der Waals surface area contributed by atoms with Crippen LogP contribution < -0.4 is 15.4 Å². The summed E-state index contributed by atoms with van der Waals surface area (Å²) in [5.74, 6) is 0. The molecule has 0 saturated carbocycles. The summed E-state index contributed by atoms with van der Waals surface area (Å²) in [6.07, 6.45) is 2.19. The number of aliphatic hydroxyl groups is 1. The van der Waals surface area contributed by atoms with E-state index in [9.17, 15) is 18.3 Å². The van der Waals surface area contributed by atoms with Crippen molar-refractivity contribution in [2.24, 2.45) is 0 Å². The molecule has 1 aromatic heterocycles. The number of urea groups is 1. The van der Waals surface area contributed by atoms with Gasteiger partial charge in [-0.2, -0.15) is 0 Å². The maximum atomic E-state index is 12.7. The maximum absolute atomic E-state index is 12.7. The molecule has 2 amide bonds. The van der Waals surface area contributed by atoms with Crippen LogP contribution in [-0.2, 0) is 16.6 Å². The number of nitrogens with one attached hydrogen (secondary N) is 3. The van der Waals surface area contributed by atoms with Gasteiger partial charge in [-0.05, 0) is 37.5 Å². The van der Waals surface area contributed by atoms with Gasteiger partial charge in [0.05, 0.1) is 13.7 Å². The van der Waals surface area contributed by atoms with Crippen molar-refractivity contribution in [3.8, 4) is 0 Å². The summed E-state index contributed by atoms with van der Waals surface area (Å²) < 4.78 is 78.4. The second-order valence-corrected chi connectivity index (χ2v) is 6.44. The average Bonchev–Trinajstić information content (AvgIpc) is 2.66. The molecule has 0 unspecified atom stereocenters. The first-order valence-electron chi connectivity index (χ1n) is 10.4. The number of aromatic nitrogens is 1. The summed E-state index contributed by atoms with van der Waals surface area (Å²) in [5, 5.41) is 13.5. The number of nitrogens with zero attached hydrogens (tertiary/aromatic N) is 1. The van der Waals surface area contributed by atoms with Gasteiger partial charge < -0.3 is 15.7 Å². The number of rotatable bonds is 6. The van der Waals surface area contributed by atoms with Crippen LogP contribution in [0.2, 0.25) is 0 Å². The largest absolute Gasteiger partial charge is 0.392 e. The summed E-state index contributed by atoms with van der Waals surface area (Å²) in [6, 6.07) is 2.52. The molecule has 0 aliphatic heterocycles. The third-order valence-electron chi connectivity index (χ3n) is 2.93. The third-order valence-corrected chi connectivity index (χ3v) is 4.29. The lowest BCUT2D eigenvalue weighted by Gasteiger charge is -2.14. The Bertz CT molecular complexity index is 1080. The van der Waals surface area contributed by atoms with Crippen molar-refractivity contribution in [2.75, 3.05) is 5.32 Å². The van der Waals surface area contributed by atoms with Crippen molar-refractivity contribution < 1.29 is 27.9 Å². The monoisotopic (exact) mass is 371 g/mol. The number of carbonyl (C=O) groups excluding carboxylic acids is 1. The minimum atomic E-state index is -4.68. The summed E-state index contributed by atoms with van der Waals surface area (Å²) in [6.45, 7) is -7.23. The summed E-state index contributed by atoms with van der Waals surface area (Å²) in [7, 11) is -4.68. The predicted molar refractivity (Wildman–Crippen MR) is 93.9 cm³/mol. The molecule has 0 aliphatic rings. The number of aliphatic hydroxyl groups excluding tert-OH is 1. The van der Waals surface area contributed by atoms with E-state index in [0.29, 0.717) is 11.3 Å². The quantitative estimate of drug-likeness (QED) is 0.613. The van der Waals surface area contributed by atoms with Crippen LogP contribution in [0.15, 0.2) is 47.6 Å². The van der Waals surface area contributed by atoms with E-state index in [0.717, 1.165) is 6.20 Å². The molecule has 1 aromatic carbocycles. The van der Waals surface area contributed by atoms with Crippen molar-refractivity contribution in [2.45, 2.75) is 31.2 Å². The minimum absolute atomic E-state index is 0.0147. The zero-order valence-electron chi connectivity index (χ0n) is 19.8. The van der Waals surface area contributed by atoms with Crippen molar-refractivity contribution in [1.82, 2.24) is 15.0 Å². The highest BCUT2D eigenvalue weighted by Crippen LogP contribution is 2.24. The van der Waals surface area contributed by atoms with Crippen LogP contribution in [0.4, 0.5) is 16.2 Å². The van der Waals surface area contributed by atoms with Crippen molar-refractivity contribution in [3.63, 3.8) is 0 Å². The van der Waals surface area contributed by atoms with E-state index in [4.69, 9.17) is 9.60 Å².